The summed E-state index contributed by atoms with van der Waals surface area (Å²) >= 11 is 6.06. The lowest BCUT2D eigenvalue weighted by Crippen LogP contribution is -2.27. The Bertz CT molecular complexity index is 417. The minimum absolute atomic E-state index is 0.364. The molecule has 2 N–H and O–H groups in total. The van der Waals surface area contributed by atoms with Gasteiger partial charge >= 0.3 is 0 Å². The van der Waals surface area contributed by atoms with E-state index in [1.807, 2.05) is 13.8 Å². The predicted octanol–water partition coefficient (Wildman–Crippen LogP) is 3.05. The molecule has 0 amide bonds. The fourth-order valence-electron chi connectivity index (χ4n) is 1.56. The molecule has 18 heavy (non-hydrogen) atoms. The zero-order valence-electron chi connectivity index (χ0n) is 11.3. The van der Waals surface area contributed by atoms with E-state index < -0.39 is 0 Å². The van der Waals surface area contributed by atoms with Gasteiger partial charge in [-0.2, -0.15) is 5.26 Å². The first kappa shape index (κ1) is 15.0. The number of halogens is 1. The first-order valence-corrected chi connectivity index (χ1v) is 6.71. The SMILES string of the molecule is CCCCc1nc(Cl)c(CNCC(C)(C)C#N)[nH]1. The zero-order valence-corrected chi connectivity index (χ0v) is 12.1. The lowest BCUT2D eigenvalue weighted by Gasteiger charge is -2.15. The Hall–Kier alpha value is -1.05. The van der Waals surface area contributed by atoms with Gasteiger partial charge in [0.2, 0.25) is 0 Å². The summed E-state index contributed by atoms with van der Waals surface area (Å²) in [7, 11) is 0. The molecule has 1 heterocycles. The van der Waals surface area contributed by atoms with Crippen LogP contribution in [-0.2, 0) is 13.0 Å². The van der Waals surface area contributed by atoms with E-state index in [9.17, 15) is 0 Å². The van der Waals surface area contributed by atoms with Crippen molar-refractivity contribution in [2.45, 2.75) is 46.6 Å². The van der Waals surface area contributed by atoms with Crippen LogP contribution in [0, 0.1) is 16.7 Å². The van der Waals surface area contributed by atoms with Gasteiger partial charge < -0.3 is 10.3 Å². The van der Waals surface area contributed by atoms with Gasteiger partial charge in [-0.25, -0.2) is 4.98 Å². The molecule has 1 rings (SSSR count). The fourth-order valence-corrected chi connectivity index (χ4v) is 1.78. The maximum Gasteiger partial charge on any atom is 0.151 e. The van der Waals surface area contributed by atoms with Gasteiger partial charge in [-0.1, -0.05) is 24.9 Å². The van der Waals surface area contributed by atoms with Gasteiger partial charge in [0.05, 0.1) is 17.2 Å². The van der Waals surface area contributed by atoms with Crippen molar-refractivity contribution in [1.29, 1.82) is 5.26 Å². The van der Waals surface area contributed by atoms with E-state index in [0.29, 0.717) is 18.2 Å². The standard InChI is InChI=1S/C13H21ClN4/c1-4-5-6-11-17-10(12(14)18-11)7-16-9-13(2,3)8-15/h16H,4-7,9H2,1-3H3,(H,17,18). The number of imidazole rings is 1. The quantitative estimate of drug-likeness (QED) is 0.799. The van der Waals surface area contributed by atoms with E-state index in [-0.39, 0.29) is 5.41 Å². The number of hydrogen-bond acceptors (Lipinski definition) is 3. The number of aromatic nitrogens is 2. The lowest BCUT2D eigenvalue weighted by atomic mass is 9.96. The van der Waals surface area contributed by atoms with Crippen molar-refractivity contribution in [2.24, 2.45) is 5.41 Å². The molecule has 5 heteroatoms. The van der Waals surface area contributed by atoms with Gasteiger partial charge in [0.1, 0.15) is 5.82 Å². The highest BCUT2D eigenvalue weighted by atomic mass is 35.5. The Kier molecular flexibility index (Phi) is 5.64. The van der Waals surface area contributed by atoms with Crippen LogP contribution in [0.4, 0.5) is 0 Å². The maximum absolute atomic E-state index is 8.91. The van der Waals surface area contributed by atoms with E-state index >= 15 is 0 Å². The topological polar surface area (TPSA) is 64.5 Å². The number of unbranched alkanes of at least 4 members (excludes halogenated alkanes) is 1. The minimum Gasteiger partial charge on any atom is -0.344 e. The second-order valence-corrected chi connectivity index (χ2v) is 5.51. The fraction of sp³-hybridized carbons (Fsp3) is 0.692. The van der Waals surface area contributed by atoms with Gasteiger partial charge in [0, 0.05) is 19.5 Å². The Morgan fingerprint density at radius 1 is 1.50 bits per heavy atom. The summed E-state index contributed by atoms with van der Waals surface area (Å²) in [5, 5.41) is 12.7. The minimum atomic E-state index is -0.364. The van der Waals surface area contributed by atoms with Crippen LogP contribution in [0.25, 0.3) is 0 Å². The molecule has 0 saturated heterocycles. The predicted molar refractivity (Wildman–Crippen MR) is 73.3 cm³/mol. The molecule has 1 aromatic rings. The van der Waals surface area contributed by atoms with Crippen LogP contribution in [-0.4, -0.2) is 16.5 Å². The normalized spacial score (nSPS) is 11.5. The summed E-state index contributed by atoms with van der Waals surface area (Å²) in [4.78, 5) is 7.52. The summed E-state index contributed by atoms with van der Waals surface area (Å²) in [6, 6.07) is 2.25. The van der Waals surface area contributed by atoms with Crippen molar-refractivity contribution >= 4 is 11.6 Å². The molecule has 0 aliphatic heterocycles. The number of nitrogens with one attached hydrogen (secondary N) is 2. The molecular formula is C13H21ClN4. The Balaban J connectivity index is 2.48. The summed E-state index contributed by atoms with van der Waals surface area (Å²) in [5.74, 6) is 0.943. The monoisotopic (exact) mass is 268 g/mol. The van der Waals surface area contributed by atoms with Crippen LogP contribution in [0.5, 0.6) is 0 Å². The van der Waals surface area contributed by atoms with Gasteiger partial charge in [0.15, 0.2) is 5.15 Å². The molecule has 0 saturated carbocycles. The van der Waals surface area contributed by atoms with Crippen molar-refractivity contribution in [3.63, 3.8) is 0 Å². The van der Waals surface area contributed by atoms with Crippen LogP contribution in [0.2, 0.25) is 5.15 Å². The second-order valence-electron chi connectivity index (χ2n) is 5.16. The molecule has 0 unspecified atom stereocenters. The van der Waals surface area contributed by atoms with Gasteiger partial charge in [0.25, 0.3) is 0 Å². The summed E-state index contributed by atoms with van der Waals surface area (Å²) in [6.07, 6.45) is 3.18. The second kappa shape index (κ2) is 6.77. The Labute approximate surface area is 114 Å². The summed E-state index contributed by atoms with van der Waals surface area (Å²) < 4.78 is 0. The van der Waals surface area contributed by atoms with Crippen molar-refractivity contribution < 1.29 is 0 Å². The van der Waals surface area contributed by atoms with E-state index in [1.165, 1.54) is 0 Å². The number of rotatable bonds is 7. The molecule has 0 fully saturated rings. The molecule has 100 valence electrons. The van der Waals surface area contributed by atoms with E-state index in [4.69, 9.17) is 16.9 Å². The third-order valence-electron chi connectivity index (χ3n) is 2.72. The van der Waals surface area contributed by atoms with Gasteiger partial charge in [-0.15, -0.1) is 0 Å². The number of aryl methyl sites for hydroxylation is 1. The molecule has 4 nitrogen and oxygen atoms in total. The van der Waals surface area contributed by atoms with Crippen LogP contribution in [0.3, 0.4) is 0 Å². The zero-order chi connectivity index (χ0) is 13.6. The lowest BCUT2D eigenvalue weighted by molar-refractivity contribution is 0.443. The van der Waals surface area contributed by atoms with E-state index in [1.54, 1.807) is 0 Å². The highest BCUT2D eigenvalue weighted by Crippen LogP contribution is 2.15. The largest absolute Gasteiger partial charge is 0.344 e. The molecule has 0 atom stereocenters. The van der Waals surface area contributed by atoms with Crippen molar-refractivity contribution in [2.75, 3.05) is 6.54 Å². The molecule has 1 aromatic heterocycles. The first-order valence-electron chi connectivity index (χ1n) is 6.33. The molecule has 0 aliphatic carbocycles. The van der Waals surface area contributed by atoms with Crippen LogP contribution >= 0.6 is 11.6 Å². The molecular weight excluding hydrogens is 248 g/mol. The van der Waals surface area contributed by atoms with Crippen LogP contribution in [0.15, 0.2) is 0 Å². The van der Waals surface area contributed by atoms with Gasteiger partial charge in [-0.05, 0) is 20.3 Å². The molecule has 0 bridgehead atoms. The highest BCUT2D eigenvalue weighted by molar-refractivity contribution is 6.30. The summed E-state index contributed by atoms with van der Waals surface area (Å²) in [5.41, 5.74) is 0.536. The number of nitrogens with zero attached hydrogens (tertiary/aromatic N) is 2. The number of hydrogen-bond donors (Lipinski definition) is 2. The van der Waals surface area contributed by atoms with Crippen LogP contribution < -0.4 is 5.32 Å². The number of nitriles is 1. The average Bonchev–Trinajstić information content (AvgIpc) is 2.67. The van der Waals surface area contributed by atoms with E-state index in [2.05, 4.69) is 28.3 Å². The molecule has 0 spiro atoms. The Morgan fingerprint density at radius 2 is 2.22 bits per heavy atom. The van der Waals surface area contributed by atoms with Crippen LogP contribution in [0.1, 0.15) is 45.1 Å². The van der Waals surface area contributed by atoms with Crippen molar-refractivity contribution in [3.05, 3.63) is 16.7 Å². The smallest absolute Gasteiger partial charge is 0.151 e. The first-order chi connectivity index (χ1) is 8.48. The summed E-state index contributed by atoms with van der Waals surface area (Å²) in [6.45, 7) is 7.20. The molecule has 0 aliphatic rings. The third kappa shape index (κ3) is 4.67. The highest BCUT2D eigenvalue weighted by Gasteiger charge is 2.16. The van der Waals surface area contributed by atoms with E-state index in [0.717, 1.165) is 30.8 Å². The number of aromatic amines is 1. The molecule has 0 radical (unpaired) electrons. The average molecular weight is 269 g/mol. The third-order valence-corrected chi connectivity index (χ3v) is 3.03. The Morgan fingerprint density at radius 3 is 2.83 bits per heavy atom. The number of H-pyrrole nitrogens is 1. The van der Waals surface area contributed by atoms with Crippen molar-refractivity contribution in [3.8, 4) is 6.07 Å². The maximum atomic E-state index is 8.91. The molecule has 0 aromatic carbocycles. The van der Waals surface area contributed by atoms with Crippen molar-refractivity contribution in [1.82, 2.24) is 15.3 Å². The van der Waals surface area contributed by atoms with Gasteiger partial charge in [-0.3, -0.25) is 0 Å².